The molecule has 1 N–H and O–H groups in total. The first kappa shape index (κ1) is 10.4. The van der Waals surface area contributed by atoms with Crippen LogP contribution in [-0.2, 0) is 0 Å². The summed E-state index contributed by atoms with van der Waals surface area (Å²) >= 11 is 1.40. The molecule has 2 aromatic carbocycles. The van der Waals surface area contributed by atoms with Gasteiger partial charge in [-0.1, -0.05) is 23.9 Å². The maximum atomic E-state index is 13.2. The van der Waals surface area contributed by atoms with E-state index < -0.39 is 0 Å². The molecular formula is C13H8FNOS. The van der Waals surface area contributed by atoms with Crippen LogP contribution in [0, 0.1) is 5.82 Å². The van der Waals surface area contributed by atoms with E-state index in [0.717, 1.165) is 9.79 Å². The standard InChI is InChI=1S/C13H8FNOS/c14-8-5-6-10-12(7-8)17-11-4-2-1-3-9(11)13(16)15-10/h1-7H,(H,15,16). The van der Waals surface area contributed by atoms with Gasteiger partial charge >= 0.3 is 0 Å². The molecule has 2 aromatic rings. The van der Waals surface area contributed by atoms with E-state index in [0.29, 0.717) is 11.3 Å². The zero-order valence-corrected chi connectivity index (χ0v) is 9.55. The van der Waals surface area contributed by atoms with Gasteiger partial charge in [0.25, 0.3) is 5.91 Å². The Hall–Kier alpha value is -1.81. The number of nitrogens with one attached hydrogen (secondary N) is 1. The number of fused-ring (bicyclic) bond motifs is 2. The first-order valence-electron chi connectivity index (χ1n) is 5.12. The smallest absolute Gasteiger partial charge is 0.256 e. The Morgan fingerprint density at radius 2 is 1.88 bits per heavy atom. The van der Waals surface area contributed by atoms with E-state index in [4.69, 9.17) is 0 Å². The van der Waals surface area contributed by atoms with Crippen LogP contribution in [0.4, 0.5) is 10.1 Å². The second-order valence-electron chi connectivity index (χ2n) is 3.69. The van der Waals surface area contributed by atoms with Crippen molar-refractivity contribution in [3.8, 4) is 0 Å². The average molecular weight is 245 g/mol. The van der Waals surface area contributed by atoms with Gasteiger partial charge in [0.1, 0.15) is 5.82 Å². The largest absolute Gasteiger partial charge is 0.321 e. The van der Waals surface area contributed by atoms with E-state index in [9.17, 15) is 9.18 Å². The Morgan fingerprint density at radius 1 is 1.06 bits per heavy atom. The highest BCUT2D eigenvalue weighted by Crippen LogP contribution is 2.38. The molecule has 1 aliphatic heterocycles. The van der Waals surface area contributed by atoms with Crippen molar-refractivity contribution < 1.29 is 9.18 Å². The number of rotatable bonds is 0. The van der Waals surface area contributed by atoms with Gasteiger partial charge in [-0.15, -0.1) is 0 Å². The minimum absolute atomic E-state index is 0.154. The summed E-state index contributed by atoms with van der Waals surface area (Å²) in [5, 5.41) is 2.78. The summed E-state index contributed by atoms with van der Waals surface area (Å²) in [6, 6.07) is 11.7. The molecule has 4 heteroatoms. The van der Waals surface area contributed by atoms with Gasteiger partial charge < -0.3 is 5.32 Å². The normalized spacial score (nSPS) is 13.4. The van der Waals surface area contributed by atoms with E-state index >= 15 is 0 Å². The van der Waals surface area contributed by atoms with Gasteiger partial charge in [-0.25, -0.2) is 4.39 Å². The zero-order chi connectivity index (χ0) is 11.8. The highest BCUT2D eigenvalue weighted by atomic mass is 32.2. The number of amides is 1. The van der Waals surface area contributed by atoms with Crippen LogP contribution >= 0.6 is 11.8 Å². The van der Waals surface area contributed by atoms with Crippen molar-refractivity contribution in [3.63, 3.8) is 0 Å². The molecule has 0 saturated heterocycles. The van der Waals surface area contributed by atoms with Crippen LogP contribution in [0.5, 0.6) is 0 Å². The lowest BCUT2D eigenvalue weighted by Crippen LogP contribution is -2.11. The van der Waals surface area contributed by atoms with Gasteiger partial charge in [-0.05, 0) is 30.3 Å². The van der Waals surface area contributed by atoms with Crippen molar-refractivity contribution in [1.82, 2.24) is 0 Å². The summed E-state index contributed by atoms with van der Waals surface area (Å²) in [6.45, 7) is 0. The quantitative estimate of drug-likeness (QED) is 0.769. The fourth-order valence-corrected chi connectivity index (χ4v) is 2.79. The minimum atomic E-state index is -0.301. The molecule has 0 spiro atoms. The number of carbonyl (C=O) groups excluding carboxylic acids is 1. The molecule has 2 nitrogen and oxygen atoms in total. The lowest BCUT2D eigenvalue weighted by molar-refractivity contribution is 0.102. The molecule has 84 valence electrons. The maximum Gasteiger partial charge on any atom is 0.256 e. The number of hydrogen-bond donors (Lipinski definition) is 1. The molecule has 1 aliphatic rings. The molecule has 1 heterocycles. The second-order valence-corrected chi connectivity index (χ2v) is 4.78. The van der Waals surface area contributed by atoms with Gasteiger partial charge in [0.2, 0.25) is 0 Å². The maximum absolute atomic E-state index is 13.2. The van der Waals surface area contributed by atoms with Gasteiger partial charge in [-0.2, -0.15) is 0 Å². The molecule has 0 aromatic heterocycles. The average Bonchev–Trinajstić information content (AvgIpc) is 2.46. The van der Waals surface area contributed by atoms with Crippen LogP contribution in [0.25, 0.3) is 0 Å². The molecular weight excluding hydrogens is 237 g/mol. The topological polar surface area (TPSA) is 29.1 Å². The summed E-state index contributed by atoms with van der Waals surface area (Å²) in [5.74, 6) is -0.455. The highest BCUT2D eigenvalue weighted by Gasteiger charge is 2.19. The van der Waals surface area contributed by atoms with Crippen LogP contribution in [0.1, 0.15) is 10.4 Å². The van der Waals surface area contributed by atoms with Crippen molar-refractivity contribution in [2.45, 2.75) is 9.79 Å². The molecule has 0 aliphatic carbocycles. The van der Waals surface area contributed by atoms with E-state index in [1.165, 1.54) is 23.9 Å². The van der Waals surface area contributed by atoms with Crippen molar-refractivity contribution in [1.29, 1.82) is 0 Å². The predicted molar refractivity (Wildman–Crippen MR) is 64.9 cm³/mol. The fourth-order valence-electron chi connectivity index (χ4n) is 1.74. The Balaban J connectivity index is 2.18. The fraction of sp³-hybridized carbons (Fsp3) is 0. The highest BCUT2D eigenvalue weighted by molar-refractivity contribution is 7.99. The van der Waals surface area contributed by atoms with Crippen molar-refractivity contribution in [3.05, 3.63) is 53.8 Å². The van der Waals surface area contributed by atoms with Crippen LogP contribution in [0.15, 0.2) is 52.3 Å². The SMILES string of the molecule is O=C1Nc2ccc(F)cc2Sc2ccccc21. The number of hydrogen-bond acceptors (Lipinski definition) is 2. The number of halogens is 1. The van der Waals surface area contributed by atoms with Crippen LogP contribution < -0.4 is 5.32 Å². The second kappa shape index (κ2) is 3.89. The van der Waals surface area contributed by atoms with Gasteiger partial charge in [0.15, 0.2) is 0 Å². The first-order valence-corrected chi connectivity index (χ1v) is 5.93. The van der Waals surface area contributed by atoms with Gasteiger partial charge in [0, 0.05) is 9.79 Å². The minimum Gasteiger partial charge on any atom is -0.321 e. The predicted octanol–water partition coefficient (Wildman–Crippen LogP) is 3.54. The molecule has 0 saturated carbocycles. The zero-order valence-electron chi connectivity index (χ0n) is 8.74. The summed E-state index contributed by atoms with van der Waals surface area (Å²) in [4.78, 5) is 13.5. The molecule has 0 radical (unpaired) electrons. The van der Waals surface area contributed by atoms with Crippen LogP contribution in [0.3, 0.4) is 0 Å². The monoisotopic (exact) mass is 245 g/mol. The first-order chi connectivity index (χ1) is 8.24. The van der Waals surface area contributed by atoms with E-state index in [2.05, 4.69) is 5.32 Å². The van der Waals surface area contributed by atoms with E-state index in [1.54, 1.807) is 12.1 Å². The van der Waals surface area contributed by atoms with Crippen LogP contribution in [0.2, 0.25) is 0 Å². The summed E-state index contributed by atoms with van der Waals surface area (Å²) in [5.41, 5.74) is 1.27. The lowest BCUT2D eigenvalue weighted by atomic mass is 10.2. The van der Waals surface area contributed by atoms with E-state index in [-0.39, 0.29) is 11.7 Å². The van der Waals surface area contributed by atoms with Crippen molar-refractivity contribution >= 4 is 23.4 Å². The molecule has 0 atom stereocenters. The molecule has 3 rings (SSSR count). The third-order valence-corrected chi connectivity index (χ3v) is 3.68. The van der Waals surface area contributed by atoms with E-state index in [1.807, 2.05) is 18.2 Å². The van der Waals surface area contributed by atoms with Crippen LogP contribution in [-0.4, -0.2) is 5.91 Å². The lowest BCUT2D eigenvalue weighted by Gasteiger charge is -2.04. The number of anilines is 1. The Bertz CT molecular complexity index is 612. The molecule has 1 amide bonds. The third-order valence-electron chi connectivity index (χ3n) is 2.54. The number of benzene rings is 2. The Kier molecular flexibility index (Phi) is 2.37. The van der Waals surface area contributed by atoms with Crippen molar-refractivity contribution in [2.24, 2.45) is 0 Å². The summed E-state index contributed by atoms with van der Waals surface area (Å²) < 4.78 is 13.2. The molecule has 0 unspecified atom stereocenters. The Labute approximate surface area is 102 Å². The Morgan fingerprint density at radius 3 is 2.76 bits per heavy atom. The molecule has 17 heavy (non-hydrogen) atoms. The van der Waals surface area contributed by atoms with Gasteiger partial charge in [0.05, 0.1) is 11.3 Å². The third kappa shape index (κ3) is 1.80. The summed E-state index contributed by atoms with van der Waals surface area (Å²) in [6.07, 6.45) is 0. The van der Waals surface area contributed by atoms with Crippen molar-refractivity contribution in [2.75, 3.05) is 5.32 Å². The number of carbonyl (C=O) groups is 1. The van der Waals surface area contributed by atoms with Gasteiger partial charge in [-0.3, -0.25) is 4.79 Å². The molecule has 0 fully saturated rings. The molecule has 0 bridgehead atoms. The summed E-state index contributed by atoms with van der Waals surface area (Å²) in [7, 11) is 0.